The van der Waals surface area contributed by atoms with Crippen molar-refractivity contribution in [2.45, 2.75) is 24.6 Å². The van der Waals surface area contributed by atoms with Crippen molar-refractivity contribution in [1.29, 1.82) is 0 Å². The summed E-state index contributed by atoms with van der Waals surface area (Å²) in [5.74, 6) is -0.118. The number of benzene rings is 2. The zero-order valence-electron chi connectivity index (χ0n) is 18.5. The van der Waals surface area contributed by atoms with Gasteiger partial charge in [0.1, 0.15) is 0 Å². The van der Waals surface area contributed by atoms with Gasteiger partial charge in [-0.3, -0.25) is 9.59 Å². The Morgan fingerprint density at radius 1 is 1.18 bits per heavy atom. The highest BCUT2D eigenvalue weighted by Gasteiger charge is 2.36. The summed E-state index contributed by atoms with van der Waals surface area (Å²) in [7, 11) is -3.83. The van der Waals surface area contributed by atoms with Crippen molar-refractivity contribution in [3.8, 4) is 0 Å². The van der Waals surface area contributed by atoms with E-state index < -0.39 is 10.0 Å². The largest absolute Gasteiger partial charge is 0.483 e. The van der Waals surface area contributed by atoms with Crippen LogP contribution in [0.15, 0.2) is 48.5 Å². The van der Waals surface area contributed by atoms with Gasteiger partial charge in [-0.1, -0.05) is 30.3 Å². The van der Waals surface area contributed by atoms with Gasteiger partial charge in [0.25, 0.3) is 22.4 Å². The van der Waals surface area contributed by atoms with E-state index in [-0.39, 0.29) is 29.9 Å². The summed E-state index contributed by atoms with van der Waals surface area (Å²) >= 11 is 0. The lowest BCUT2D eigenvalue weighted by Gasteiger charge is -2.44. The number of nitrogens with zero attached hydrogens (tertiary/aromatic N) is 3. The molecule has 0 aliphatic carbocycles. The number of hydrogen-bond donors (Lipinski definition) is 3. The van der Waals surface area contributed by atoms with Gasteiger partial charge >= 0.3 is 0 Å². The van der Waals surface area contributed by atoms with Crippen LogP contribution in [0.25, 0.3) is 10.9 Å². The number of rotatable bonds is 5. The third-order valence-electron chi connectivity index (χ3n) is 6.32. The van der Waals surface area contributed by atoms with Crippen LogP contribution in [0.3, 0.4) is 0 Å². The molecular weight excluding hydrogens is 458 g/mol. The summed E-state index contributed by atoms with van der Waals surface area (Å²) in [6, 6.07) is 13.8. The molecule has 2 bridgehead atoms. The first-order chi connectivity index (χ1) is 16.3. The predicted octanol–water partition coefficient (Wildman–Crippen LogP) is 1.52. The Morgan fingerprint density at radius 3 is 2.47 bits per heavy atom. The fourth-order valence-corrected chi connectivity index (χ4v) is 6.10. The molecule has 4 heterocycles. The first kappa shape index (κ1) is 23.7. The molecule has 3 saturated heterocycles. The fraction of sp³-hybridized carbons (Fsp3) is 0.348. The molecule has 0 unspecified atom stereocenters. The molecule has 1 atom stereocenters. The number of aromatic nitrogens is 2. The van der Waals surface area contributed by atoms with Gasteiger partial charge in [-0.25, -0.2) is 8.42 Å². The molecule has 3 fully saturated rings. The van der Waals surface area contributed by atoms with Crippen molar-refractivity contribution in [3.05, 3.63) is 59.8 Å². The van der Waals surface area contributed by atoms with Gasteiger partial charge in [0, 0.05) is 23.7 Å². The molecule has 0 saturated carbocycles. The number of fused-ring (bicyclic) bond motifs is 4. The maximum Gasteiger partial charge on any atom is 0.290 e. The molecular formula is C23H27N5O5S. The van der Waals surface area contributed by atoms with Gasteiger partial charge in [-0.05, 0) is 55.6 Å². The number of carboxylic acid groups (broad SMARTS) is 1. The lowest BCUT2D eigenvalue weighted by Crippen LogP contribution is -2.57. The van der Waals surface area contributed by atoms with E-state index in [4.69, 9.17) is 15.6 Å². The lowest BCUT2D eigenvalue weighted by atomic mass is 9.84. The maximum absolute atomic E-state index is 13.2. The van der Waals surface area contributed by atoms with E-state index in [0.717, 1.165) is 36.6 Å². The molecule has 1 amide bonds. The molecule has 6 rings (SSSR count). The normalized spacial score (nSPS) is 21.5. The smallest absolute Gasteiger partial charge is 0.290 e. The van der Waals surface area contributed by atoms with Crippen LogP contribution in [0.2, 0.25) is 0 Å². The summed E-state index contributed by atoms with van der Waals surface area (Å²) in [5, 5.41) is 14.7. The molecule has 180 valence electrons. The number of amides is 1. The summed E-state index contributed by atoms with van der Waals surface area (Å²) in [5.41, 5.74) is 7.49. The lowest BCUT2D eigenvalue weighted by molar-refractivity contribution is -0.122. The first-order valence-corrected chi connectivity index (χ1v) is 12.6. The monoisotopic (exact) mass is 485 g/mol. The number of nitrogen functional groups attached to an aromatic ring is 1. The molecule has 3 aliphatic heterocycles. The Labute approximate surface area is 197 Å². The topological polar surface area (TPSA) is 148 Å². The second-order valence-electron chi connectivity index (χ2n) is 8.53. The molecule has 10 nitrogen and oxygen atoms in total. The van der Waals surface area contributed by atoms with Crippen molar-refractivity contribution >= 4 is 39.0 Å². The van der Waals surface area contributed by atoms with Crippen LogP contribution in [0.1, 0.15) is 28.9 Å². The highest BCUT2D eigenvalue weighted by Crippen LogP contribution is 2.29. The van der Waals surface area contributed by atoms with Gasteiger partial charge in [-0.2, -0.15) is 9.19 Å². The van der Waals surface area contributed by atoms with Crippen molar-refractivity contribution in [1.82, 2.24) is 19.4 Å². The fourth-order valence-electron chi connectivity index (χ4n) is 4.70. The van der Waals surface area contributed by atoms with Gasteiger partial charge in [0.2, 0.25) is 0 Å². The van der Waals surface area contributed by atoms with Crippen molar-refractivity contribution in [3.63, 3.8) is 0 Å². The molecule has 1 aromatic heterocycles. The molecule has 11 heteroatoms. The number of piperidine rings is 3. The average molecular weight is 486 g/mol. The highest BCUT2D eigenvalue weighted by atomic mass is 32.2. The van der Waals surface area contributed by atoms with Crippen molar-refractivity contribution in [2.75, 3.05) is 25.4 Å². The quantitative estimate of drug-likeness (QED) is 0.364. The van der Waals surface area contributed by atoms with Crippen LogP contribution in [-0.4, -0.2) is 65.7 Å². The molecule has 3 aliphatic rings. The zero-order valence-corrected chi connectivity index (χ0v) is 19.3. The zero-order chi connectivity index (χ0) is 24.3. The Morgan fingerprint density at radius 2 is 1.85 bits per heavy atom. The SMILES string of the molecule is Nc1ccc2c(c1)c(C(=O)N[C@@H]1CN3CCC1CC3)nn2S(=O)(=O)Cc1ccccc1.O=CO. The van der Waals surface area contributed by atoms with E-state index in [1.807, 2.05) is 6.07 Å². The summed E-state index contributed by atoms with van der Waals surface area (Å²) in [6.45, 7) is 2.72. The number of nitrogens with one attached hydrogen (secondary N) is 1. The van der Waals surface area contributed by atoms with E-state index >= 15 is 0 Å². The Bertz CT molecular complexity index is 1280. The number of carbonyl (C=O) groups is 2. The molecule has 4 N–H and O–H groups in total. The third kappa shape index (κ3) is 4.90. The van der Waals surface area contributed by atoms with E-state index in [1.54, 1.807) is 42.5 Å². The number of nitrogens with two attached hydrogens (primary N) is 1. The van der Waals surface area contributed by atoms with E-state index in [1.165, 1.54) is 0 Å². The molecule has 0 spiro atoms. The van der Waals surface area contributed by atoms with Crippen LogP contribution in [0, 0.1) is 5.92 Å². The minimum atomic E-state index is -3.83. The molecule has 3 aromatic rings. The van der Waals surface area contributed by atoms with Gasteiger partial charge in [0.05, 0.1) is 11.3 Å². The van der Waals surface area contributed by atoms with Gasteiger partial charge < -0.3 is 21.1 Å². The van der Waals surface area contributed by atoms with E-state index in [2.05, 4.69) is 15.3 Å². The predicted molar refractivity (Wildman–Crippen MR) is 128 cm³/mol. The average Bonchev–Trinajstić information content (AvgIpc) is 3.21. The van der Waals surface area contributed by atoms with Gasteiger partial charge in [-0.15, -0.1) is 0 Å². The number of anilines is 1. The second kappa shape index (κ2) is 9.82. The van der Waals surface area contributed by atoms with Crippen molar-refractivity contribution < 1.29 is 23.1 Å². The second-order valence-corrected chi connectivity index (χ2v) is 10.3. The van der Waals surface area contributed by atoms with Gasteiger partial charge in [0.15, 0.2) is 5.69 Å². The Balaban J connectivity index is 0.000000868. The summed E-state index contributed by atoms with van der Waals surface area (Å²) < 4.78 is 27.3. The maximum atomic E-state index is 13.2. The Hall–Kier alpha value is -3.44. The third-order valence-corrected chi connectivity index (χ3v) is 7.82. The first-order valence-electron chi connectivity index (χ1n) is 11.0. The summed E-state index contributed by atoms with van der Waals surface area (Å²) in [6.07, 6.45) is 2.14. The van der Waals surface area contributed by atoms with Crippen LogP contribution >= 0.6 is 0 Å². The van der Waals surface area contributed by atoms with E-state index in [0.29, 0.717) is 28.1 Å². The Kier molecular flexibility index (Phi) is 6.85. The van der Waals surface area contributed by atoms with Crippen LogP contribution in [0.5, 0.6) is 0 Å². The molecule has 2 aromatic carbocycles. The molecule has 34 heavy (non-hydrogen) atoms. The standard InChI is InChI=1S/C22H25N5O3S.CH2O2/c23-17-6-7-20-18(12-17)21(22(28)24-19-13-26-10-8-16(19)9-11-26)25-27(20)31(29,30)14-15-4-2-1-3-5-15;2-1-3/h1-7,12,16,19H,8-11,13-14,23H2,(H,24,28);1H,(H,2,3)/t19-;/m1./s1. The highest BCUT2D eigenvalue weighted by molar-refractivity contribution is 7.89. The van der Waals surface area contributed by atoms with E-state index in [9.17, 15) is 13.2 Å². The number of hydrogen-bond acceptors (Lipinski definition) is 7. The molecule has 0 radical (unpaired) electrons. The van der Waals surface area contributed by atoms with Crippen LogP contribution < -0.4 is 11.1 Å². The number of carbonyl (C=O) groups excluding carboxylic acids is 1. The minimum Gasteiger partial charge on any atom is -0.483 e. The summed E-state index contributed by atoms with van der Waals surface area (Å²) in [4.78, 5) is 23.9. The van der Waals surface area contributed by atoms with Crippen molar-refractivity contribution in [2.24, 2.45) is 5.92 Å². The van der Waals surface area contributed by atoms with Crippen LogP contribution in [0.4, 0.5) is 5.69 Å². The minimum absolute atomic E-state index is 0.0529. The van der Waals surface area contributed by atoms with Crippen LogP contribution in [-0.2, 0) is 20.6 Å².